The lowest BCUT2D eigenvalue weighted by Gasteiger charge is -2.25. The van der Waals surface area contributed by atoms with E-state index in [0.29, 0.717) is 17.3 Å². The topological polar surface area (TPSA) is 99.2 Å². The van der Waals surface area contributed by atoms with Gasteiger partial charge in [-0.2, -0.15) is 5.10 Å². The van der Waals surface area contributed by atoms with Crippen molar-refractivity contribution in [2.75, 3.05) is 11.9 Å². The molecular formula is C26H21FN4O3. The highest BCUT2D eigenvalue weighted by atomic mass is 19.1. The number of ether oxygens (including phenoxy) is 1. The summed E-state index contributed by atoms with van der Waals surface area (Å²) in [4.78, 5) is 23.7. The Bertz CT molecular complexity index is 1350. The molecule has 0 saturated heterocycles. The number of carbonyl (C=O) groups excluding carboxylic acids is 2. The van der Waals surface area contributed by atoms with Gasteiger partial charge in [-0.25, -0.2) is 9.07 Å². The molecule has 0 radical (unpaired) electrons. The maximum absolute atomic E-state index is 13.6. The number of amides is 2. The van der Waals surface area contributed by atoms with E-state index in [1.807, 2.05) is 42.5 Å². The number of nitrogens with zero attached hydrogens (tertiary/aromatic N) is 2. The summed E-state index contributed by atoms with van der Waals surface area (Å²) in [6.07, 6.45) is 0.240. The molecule has 4 aromatic rings. The molecule has 2 heterocycles. The van der Waals surface area contributed by atoms with Crippen LogP contribution in [0.2, 0.25) is 0 Å². The Balaban J connectivity index is 1.63. The van der Waals surface area contributed by atoms with Gasteiger partial charge in [0.05, 0.1) is 11.4 Å². The zero-order valence-electron chi connectivity index (χ0n) is 18.1. The van der Waals surface area contributed by atoms with Gasteiger partial charge in [-0.15, -0.1) is 0 Å². The molecule has 3 aromatic carbocycles. The maximum atomic E-state index is 13.6. The van der Waals surface area contributed by atoms with Crippen molar-refractivity contribution in [1.82, 2.24) is 9.78 Å². The summed E-state index contributed by atoms with van der Waals surface area (Å²) in [5, 5.41) is 7.81. The maximum Gasteiger partial charge on any atom is 0.255 e. The van der Waals surface area contributed by atoms with Crippen molar-refractivity contribution in [1.29, 1.82) is 0 Å². The highest BCUT2D eigenvalue weighted by Gasteiger charge is 2.34. The molecule has 1 aliphatic rings. The Kier molecular flexibility index (Phi) is 5.55. The van der Waals surface area contributed by atoms with Crippen LogP contribution in [0.1, 0.15) is 23.5 Å². The highest BCUT2D eigenvalue weighted by molar-refractivity contribution is 5.96. The van der Waals surface area contributed by atoms with E-state index in [1.165, 1.54) is 12.1 Å². The second kappa shape index (κ2) is 8.82. The number of nitrogens with one attached hydrogen (secondary N) is 1. The van der Waals surface area contributed by atoms with E-state index in [9.17, 15) is 14.0 Å². The summed E-state index contributed by atoms with van der Waals surface area (Å²) >= 11 is 0. The first kappa shape index (κ1) is 21.4. The third kappa shape index (κ3) is 4.13. The monoisotopic (exact) mass is 456 g/mol. The van der Waals surface area contributed by atoms with E-state index in [0.717, 1.165) is 22.4 Å². The second-order valence-electron chi connectivity index (χ2n) is 7.99. The minimum atomic E-state index is -0.557. The third-order valence-electron chi connectivity index (χ3n) is 5.70. The molecule has 1 atom stereocenters. The number of fused-ring (bicyclic) bond motifs is 1. The fraction of sp³-hybridized carbons (Fsp3) is 0.115. The van der Waals surface area contributed by atoms with Crippen molar-refractivity contribution in [2.24, 2.45) is 5.73 Å². The lowest BCUT2D eigenvalue weighted by molar-refractivity contribution is -0.120. The highest BCUT2D eigenvalue weighted by Crippen LogP contribution is 2.44. The fourth-order valence-electron chi connectivity index (χ4n) is 4.16. The Hall–Kier alpha value is -4.46. The quantitative estimate of drug-likeness (QED) is 0.458. The number of hydrogen-bond donors (Lipinski definition) is 2. The summed E-state index contributed by atoms with van der Waals surface area (Å²) in [5.74, 6) is -0.256. The van der Waals surface area contributed by atoms with Gasteiger partial charge in [0.25, 0.3) is 5.91 Å². The van der Waals surface area contributed by atoms with Gasteiger partial charge in [0.15, 0.2) is 6.61 Å². The van der Waals surface area contributed by atoms with E-state index >= 15 is 0 Å². The number of halogens is 1. The molecule has 0 fully saturated rings. The van der Waals surface area contributed by atoms with Crippen molar-refractivity contribution >= 4 is 17.6 Å². The summed E-state index contributed by atoms with van der Waals surface area (Å²) < 4.78 is 20.6. The molecule has 34 heavy (non-hydrogen) atoms. The zero-order valence-corrected chi connectivity index (χ0v) is 18.1. The minimum absolute atomic E-state index is 0.144. The van der Waals surface area contributed by atoms with E-state index < -0.39 is 5.91 Å². The number of primary amides is 1. The van der Waals surface area contributed by atoms with Crippen LogP contribution in [0.5, 0.6) is 5.75 Å². The van der Waals surface area contributed by atoms with Crippen LogP contribution in [0.25, 0.3) is 16.9 Å². The van der Waals surface area contributed by atoms with Crippen LogP contribution in [0, 0.1) is 5.82 Å². The number of hydrogen-bond acceptors (Lipinski definition) is 4. The second-order valence-corrected chi connectivity index (χ2v) is 7.99. The lowest BCUT2D eigenvalue weighted by Crippen LogP contribution is -2.25. The van der Waals surface area contributed by atoms with Crippen molar-refractivity contribution in [2.45, 2.75) is 12.3 Å². The van der Waals surface area contributed by atoms with Crippen LogP contribution in [-0.2, 0) is 9.59 Å². The average molecular weight is 456 g/mol. The van der Waals surface area contributed by atoms with Crippen molar-refractivity contribution < 1.29 is 18.7 Å². The molecular weight excluding hydrogens is 435 g/mol. The number of nitrogens with two attached hydrogens (primary N) is 1. The molecule has 1 aromatic heterocycles. The Morgan fingerprint density at radius 2 is 1.76 bits per heavy atom. The van der Waals surface area contributed by atoms with Crippen LogP contribution in [0.15, 0.2) is 78.9 Å². The molecule has 8 heteroatoms. The van der Waals surface area contributed by atoms with Gasteiger partial charge in [-0.3, -0.25) is 9.59 Å². The minimum Gasteiger partial charge on any atom is -0.484 e. The van der Waals surface area contributed by atoms with Gasteiger partial charge in [0.1, 0.15) is 17.4 Å². The normalized spacial score (nSPS) is 14.9. The van der Waals surface area contributed by atoms with Gasteiger partial charge in [-0.05, 0) is 42.0 Å². The summed E-state index contributed by atoms with van der Waals surface area (Å²) in [6.45, 7) is -0.210. The predicted molar refractivity (Wildman–Crippen MR) is 125 cm³/mol. The molecule has 2 amide bonds. The van der Waals surface area contributed by atoms with Crippen molar-refractivity contribution in [3.63, 3.8) is 0 Å². The smallest absolute Gasteiger partial charge is 0.255 e. The third-order valence-corrected chi connectivity index (χ3v) is 5.70. The first-order chi connectivity index (χ1) is 16.5. The standard InChI is InChI=1S/C26H21FN4O3/c27-18-8-10-19(11-9-18)31-26-24(25(30-31)17-4-2-1-3-5-17)21(14-23(33)29-26)16-6-12-20(13-7-16)34-15-22(28)32/h1-13,21H,14-15H2,(H2,28,32)(H,29,33)/t21-/m0/s1. The average Bonchev–Trinajstić information content (AvgIpc) is 3.23. The van der Waals surface area contributed by atoms with E-state index in [4.69, 9.17) is 15.6 Å². The number of carbonyl (C=O) groups is 2. The van der Waals surface area contributed by atoms with Gasteiger partial charge in [0.2, 0.25) is 5.91 Å². The first-order valence-electron chi connectivity index (χ1n) is 10.7. The fourth-order valence-corrected chi connectivity index (χ4v) is 4.16. The lowest BCUT2D eigenvalue weighted by atomic mass is 9.84. The largest absolute Gasteiger partial charge is 0.484 e. The molecule has 0 unspecified atom stereocenters. The number of rotatable bonds is 6. The molecule has 0 spiro atoms. The molecule has 7 nitrogen and oxygen atoms in total. The first-order valence-corrected chi connectivity index (χ1v) is 10.7. The molecule has 0 bridgehead atoms. The summed E-state index contributed by atoms with van der Waals surface area (Å²) in [5.41, 5.74) is 9.20. The van der Waals surface area contributed by atoms with Gasteiger partial charge >= 0.3 is 0 Å². The number of benzene rings is 3. The zero-order chi connectivity index (χ0) is 23.7. The van der Waals surface area contributed by atoms with Crippen LogP contribution in [-0.4, -0.2) is 28.2 Å². The van der Waals surface area contributed by atoms with Gasteiger partial charge in [-0.1, -0.05) is 42.5 Å². The van der Waals surface area contributed by atoms with Gasteiger partial charge < -0.3 is 15.8 Å². The Morgan fingerprint density at radius 1 is 1.06 bits per heavy atom. The molecule has 0 aliphatic carbocycles. The van der Waals surface area contributed by atoms with E-state index in [2.05, 4.69) is 5.32 Å². The van der Waals surface area contributed by atoms with Crippen LogP contribution < -0.4 is 15.8 Å². The van der Waals surface area contributed by atoms with Gasteiger partial charge in [0, 0.05) is 23.5 Å². The molecule has 1 aliphatic heterocycles. The summed E-state index contributed by atoms with van der Waals surface area (Å²) in [7, 11) is 0. The van der Waals surface area contributed by atoms with Crippen molar-refractivity contribution in [3.8, 4) is 22.7 Å². The summed E-state index contributed by atoms with van der Waals surface area (Å²) in [6, 6.07) is 22.9. The van der Waals surface area contributed by atoms with Crippen LogP contribution in [0.4, 0.5) is 10.2 Å². The predicted octanol–water partition coefficient (Wildman–Crippen LogP) is 4.02. The Morgan fingerprint density at radius 3 is 2.44 bits per heavy atom. The SMILES string of the molecule is NC(=O)COc1ccc([C@@H]2CC(=O)Nc3c2c(-c2ccccc2)nn3-c2ccc(F)cc2)cc1. The number of anilines is 1. The molecule has 3 N–H and O–H groups in total. The van der Waals surface area contributed by atoms with Crippen LogP contribution in [0.3, 0.4) is 0 Å². The van der Waals surface area contributed by atoms with Crippen LogP contribution >= 0.6 is 0 Å². The Labute approximate surface area is 195 Å². The van der Waals surface area contributed by atoms with E-state index in [-0.39, 0.29) is 30.7 Å². The van der Waals surface area contributed by atoms with E-state index in [1.54, 1.807) is 28.9 Å². The molecule has 5 rings (SSSR count). The molecule has 170 valence electrons. The molecule has 0 saturated carbocycles. The number of aromatic nitrogens is 2. The van der Waals surface area contributed by atoms with Crippen molar-refractivity contribution in [3.05, 3.63) is 95.8 Å².